The van der Waals surface area contributed by atoms with Crippen LogP contribution in [-0.2, 0) is 4.79 Å². The van der Waals surface area contributed by atoms with E-state index in [1.807, 2.05) is 13.8 Å². The Hall–Kier alpha value is -1.04. The Labute approximate surface area is 130 Å². The van der Waals surface area contributed by atoms with Gasteiger partial charge in [-0.15, -0.1) is 0 Å². The first-order valence-corrected chi connectivity index (χ1v) is 7.69. The van der Waals surface area contributed by atoms with Crippen LogP contribution in [0.1, 0.15) is 51.0 Å². The van der Waals surface area contributed by atoms with E-state index in [-0.39, 0.29) is 11.7 Å². The molecule has 0 aromatic heterocycles. The third kappa shape index (κ3) is 4.23. The van der Waals surface area contributed by atoms with Crippen LogP contribution in [0.25, 0.3) is 0 Å². The third-order valence-electron chi connectivity index (χ3n) is 3.36. The molecule has 0 saturated heterocycles. The molecule has 0 aliphatic heterocycles. The molecule has 0 fully saturated rings. The van der Waals surface area contributed by atoms with Gasteiger partial charge in [-0.2, -0.15) is 5.26 Å². The summed E-state index contributed by atoms with van der Waals surface area (Å²) in [6, 6.07) is 7.01. The molecule has 0 spiro atoms. The van der Waals surface area contributed by atoms with Crippen LogP contribution in [-0.4, -0.2) is 5.78 Å². The minimum absolute atomic E-state index is 0.0274. The van der Waals surface area contributed by atoms with Crippen LogP contribution in [0.3, 0.4) is 0 Å². The van der Waals surface area contributed by atoms with Crippen molar-refractivity contribution in [3.8, 4) is 6.07 Å². The largest absolute Gasteiger partial charge is 0.298 e. The molecular formula is C16H19Cl2NO. The summed E-state index contributed by atoms with van der Waals surface area (Å²) >= 11 is 12.0. The molecule has 0 radical (unpaired) electrons. The lowest BCUT2D eigenvalue weighted by molar-refractivity contribution is -0.123. The van der Waals surface area contributed by atoms with Crippen molar-refractivity contribution in [1.29, 1.82) is 5.26 Å². The number of carbonyl (C=O) groups excluding carboxylic acids is 1. The molecule has 0 N–H and O–H groups in total. The van der Waals surface area contributed by atoms with Crippen molar-refractivity contribution in [1.82, 2.24) is 0 Å². The van der Waals surface area contributed by atoms with Gasteiger partial charge in [0.15, 0.2) is 5.78 Å². The highest BCUT2D eigenvalue weighted by molar-refractivity contribution is 6.35. The monoisotopic (exact) mass is 311 g/mol. The quantitative estimate of drug-likeness (QED) is 0.677. The van der Waals surface area contributed by atoms with Gasteiger partial charge in [-0.3, -0.25) is 4.79 Å². The molecule has 4 heteroatoms. The van der Waals surface area contributed by atoms with E-state index in [0.29, 0.717) is 15.6 Å². The molecule has 1 aromatic rings. The average molecular weight is 312 g/mol. The Morgan fingerprint density at radius 2 is 1.85 bits per heavy atom. The summed E-state index contributed by atoms with van der Waals surface area (Å²) in [4.78, 5) is 12.6. The molecule has 108 valence electrons. The second-order valence-corrected chi connectivity index (χ2v) is 5.75. The zero-order chi connectivity index (χ0) is 15.1. The number of nitrogens with zero attached hydrogens (tertiary/aromatic N) is 1. The molecule has 2 nitrogen and oxygen atoms in total. The van der Waals surface area contributed by atoms with E-state index in [1.165, 1.54) is 0 Å². The van der Waals surface area contributed by atoms with E-state index in [4.69, 9.17) is 23.2 Å². The molecule has 1 atom stereocenters. The zero-order valence-corrected chi connectivity index (χ0v) is 13.3. The topological polar surface area (TPSA) is 40.9 Å². The van der Waals surface area contributed by atoms with E-state index in [0.717, 1.165) is 25.7 Å². The number of Topliss-reactive ketones (excluding diaryl/α,β-unsaturated/α-hetero) is 1. The minimum atomic E-state index is -0.803. The maximum Gasteiger partial charge on any atom is 0.157 e. The van der Waals surface area contributed by atoms with Gasteiger partial charge in [-0.25, -0.2) is 0 Å². The van der Waals surface area contributed by atoms with E-state index < -0.39 is 5.92 Å². The number of carbonyl (C=O) groups is 1. The lowest BCUT2D eigenvalue weighted by atomic mass is 9.84. The summed E-state index contributed by atoms with van der Waals surface area (Å²) in [7, 11) is 0. The number of ketones is 1. The number of nitriles is 1. The van der Waals surface area contributed by atoms with Gasteiger partial charge in [0.25, 0.3) is 0 Å². The molecule has 0 heterocycles. The average Bonchev–Trinajstić information content (AvgIpc) is 2.41. The van der Waals surface area contributed by atoms with Crippen molar-refractivity contribution in [3.63, 3.8) is 0 Å². The van der Waals surface area contributed by atoms with Crippen molar-refractivity contribution in [3.05, 3.63) is 33.8 Å². The van der Waals surface area contributed by atoms with Crippen molar-refractivity contribution in [2.45, 2.75) is 45.4 Å². The molecule has 0 saturated carbocycles. The number of hydrogen-bond acceptors (Lipinski definition) is 2. The molecule has 1 unspecified atom stereocenters. The highest BCUT2D eigenvalue weighted by Crippen LogP contribution is 2.31. The molecule has 0 aliphatic rings. The minimum Gasteiger partial charge on any atom is -0.298 e. The lowest BCUT2D eigenvalue weighted by Gasteiger charge is -2.18. The predicted octanol–water partition coefficient (Wildman–Crippen LogP) is 5.39. The fourth-order valence-corrected chi connectivity index (χ4v) is 2.90. The van der Waals surface area contributed by atoms with Crippen LogP contribution in [0, 0.1) is 17.2 Å². The molecule has 1 aromatic carbocycles. The first kappa shape index (κ1) is 17.0. The Bertz CT molecular complexity index is 502. The van der Waals surface area contributed by atoms with E-state index in [1.54, 1.807) is 18.2 Å². The van der Waals surface area contributed by atoms with Gasteiger partial charge < -0.3 is 0 Å². The molecule has 0 bridgehead atoms. The highest BCUT2D eigenvalue weighted by atomic mass is 35.5. The first-order valence-electron chi connectivity index (χ1n) is 6.93. The van der Waals surface area contributed by atoms with Gasteiger partial charge in [-0.05, 0) is 30.5 Å². The van der Waals surface area contributed by atoms with Crippen LogP contribution >= 0.6 is 23.2 Å². The van der Waals surface area contributed by atoms with Gasteiger partial charge in [0.05, 0.1) is 6.07 Å². The Morgan fingerprint density at radius 3 is 2.30 bits per heavy atom. The van der Waals surface area contributed by atoms with Gasteiger partial charge in [-0.1, -0.05) is 56.0 Å². The van der Waals surface area contributed by atoms with Crippen LogP contribution in [0.4, 0.5) is 0 Å². The first-order chi connectivity index (χ1) is 9.54. The van der Waals surface area contributed by atoms with Crippen molar-refractivity contribution in [2.75, 3.05) is 0 Å². The van der Waals surface area contributed by atoms with Crippen molar-refractivity contribution in [2.24, 2.45) is 5.92 Å². The van der Waals surface area contributed by atoms with E-state index in [2.05, 4.69) is 6.07 Å². The molecule has 20 heavy (non-hydrogen) atoms. The number of hydrogen-bond donors (Lipinski definition) is 0. The fraction of sp³-hybridized carbons (Fsp3) is 0.500. The third-order valence-corrected chi connectivity index (χ3v) is 3.93. The molecular weight excluding hydrogens is 293 g/mol. The van der Waals surface area contributed by atoms with Crippen molar-refractivity contribution < 1.29 is 4.79 Å². The van der Waals surface area contributed by atoms with Crippen LogP contribution in [0.15, 0.2) is 18.2 Å². The van der Waals surface area contributed by atoms with Crippen molar-refractivity contribution >= 4 is 29.0 Å². The van der Waals surface area contributed by atoms with Gasteiger partial charge in [0.2, 0.25) is 0 Å². The number of rotatable bonds is 7. The second-order valence-electron chi connectivity index (χ2n) is 4.90. The maximum atomic E-state index is 12.6. The fourth-order valence-electron chi connectivity index (χ4n) is 2.38. The number of benzene rings is 1. The summed E-state index contributed by atoms with van der Waals surface area (Å²) in [5, 5.41) is 10.2. The van der Waals surface area contributed by atoms with Gasteiger partial charge in [0.1, 0.15) is 5.92 Å². The van der Waals surface area contributed by atoms with Crippen LogP contribution in [0.2, 0.25) is 10.0 Å². The normalized spacial score (nSPS) is 12.2. The smallest absolute Gasteiger partial charge is 0.157 e. The zero-order valence-electron chi connectivity index (χ0n) is 11.8. The van der Waals surface area contributed by atoms with Crippen LogP contribution in [0.5, 0.6) is 0 Å². The summed E-state index contributed by atoms with van der Waals surface area (Å²) in [5.74, 6) is -0.898. The van der Waals surface area contributed by atoms with E-state index >= 15 is 0 Å². The Kier molecular flexibility index (Phi) is 7.05. The Balaban J connectivity index is 3.05. The lowest BCUT2D eigenvalue weighted by Crippen LogP contribution is -2.21. The summed E-state index contributed by atoms with van der Waals surface area (Å²) in [5.41, 5.74) is 0.556. The molecule has 0 aliphatic carbocycles. The molecule has 0 amide bonds. The molecule has 1 rings (SSSR count). The highest BCUT2D eigenvalue weighted by Gasteiger charge is 2.28. The SMILES string of the molecule is CCCC(CCC)C(=O)C(C#N)c1ccc(Cl)cc1Cl. The summed E-state index contributed by atoms with van der Waals surface area (Å²) in [6.07, 6.45) is 3.50. The second kappa shape index (κ2) is 8.29. The number of halogens is 2. The maximum absolute atomic E-state index is 12.6. The van der Waals surface area contributed by atoms with Gasteiger partial charge in [0, 0.05) is 16.0 Å². The predicted molar refractivity (Wildman–Crippen MR) is 83.1 cm³/mol. The van der Waals surface area contributed by atoms with Crippen LogP contribution < -0.4 is 0 Å². The Morgan fingerprint density at radius 1 is 1.25 bits per heavy atom. The van der Waals surface area contributed by atoms with Gasteiger partial charge >= 0.3 is 0 Å². The standard InChI is InChI=1S/C16H19Cl2NO/c1-3-5-11(6-4-2)16(20)14(10-19)13-8-7-12(17)9-15(13)18/h7-9,11,14H,3-6H2,1-2H3. The summed E-state index contributed by atoms with van der Waals surface area (Å²) < 4.78 is 0. The summed E-state index contributed by atoms with van der Waals surface area (Å²) in [6.45, 7) is 4.10. The van der Waals surface area contributed by atoms with E-state index in [9.17, 15) is 10.1 Å².